The molecule has 3 aromatic rings. The molecule has 0 unspecified atom stereocenters. The number of aliphatic hydroxyl groups is 1. The van der Waals surface area contributed by atoms with Crippen LogP contribution in [0, 0.1) is 0 Å². The van der Waals surface area contributed by atoms with Crippen molar-refractivity contribution in [3.63, 3.8) is 0 Å². The second kappa shape index (κ2) is 12.9. The van der Waals surface area contributed by atoms with Gasteiger partial charge < -0.3 is 24.9 Å². The van der Waals surface area contributed by atoms with E-state index in [0.29, 0.717) is 23.4 Å². The van der Waals surface area contributed by atoms with Gasteiger partial charge in [-0.1, -0.05) is 42.3 Å². The number of hydrogen-bond donors (Lipinski definition) is 2. The van der Waals surface area contributed by atoms with Gasteiger partial charge in [0.15, 0.2) is 22.5 Å². The first-order chi connectivity index (χ1) is 19.8. The highest BCUT2D eigenvalue weighted by molar-refractivity contribution is 6.32. The molecule has 1 aromatic carbocycles. The number of nitrogens with two attached hydrogens (primary N) is 1. The summed E-state index contributed by atoms with van der Waals surface area (Å²) in [5, 5.41) is 17.6. The summed E-state index contributed by atoms with van der Waals surface area (Å²) in [6.07, 6.45) is 2.84. The molecule has 0 radical (unpaired) electrons. The number of benzene rings is 1. The highest BCUT2D eigenvalue weighted by atomic mass is 35.5. The highest BCUT2D eigenvalue weighted by Crippen LogP contribution is 2.33. The number of esters is 1. The third-order valence-corrected chi connectivity index (χ3v) is 8.42. The maximum Gasteiger partial charge on any atom is 0.327 e. The first-order valence-electron chi connectivity index (χ1n) is 13.7. The second-order valence-electron chi connectivity index (χ2n) is 10.2. The van der Waals surface area contributed by atoms with Crippen LogP contribution in [-0.2, 0) is 16.1 Å². The van der Waals surface area contributed by atoms with E-state index < -0.39 is 6.04 Å². The molecular weight excluding hydrogens is 571 g/mol. The van der Waals surface area contributed by atoms with E-state index in [9.17, 15) is 9.90 Å². The Hall–Kier alpha value is -3.03. The molecule has 0 saturated carbocycles. The fourth-order valence-electron chi connectivity index (χ4n) is 5.82. The Kier molecular flexibility index (Phi) is 9.25. The summed E-state index contributed by atoms with van der Waals surface area (Å²) < 4.78 is 10.5. The molecule has 12 nitrogen and oxygen atoms in total. The number of nitrogens with zero attached hydrogens (tertiary/aromatic N) is 7. The monoisotopic (exact) mass is 604 g/mol. The third-order valence-electron chi connectivity index (χ3n) is 7.91. The van der Waals surface area contributed by atoms with Gasteiger partial charge in [0.1, 0.15) is 12.6 Å². The van der Waals surface area contributed by atoms with Gasteiger partial charge >= 0.3 is 5.97 Å². The van der Waals surface area contributed by atoms with Crippen molar-refractivity contribution in [3.05, 3.63) is 45.9 Å². The van der Waals surface area contributed by atoms with E-state index in [1.807, 2.05) is 12.1 Å². The van der Waals surface area contributed by atoms with Crippen molar-refractivity contribution in [1.82, 2.24) is 30.0 Å². The van der Waals surface area contributed by atoms with Crippen LogP contribution in [0.4, 0.5) is 11.6 Å². The number of halogens is 2. The van der Waals surface area contributed by atoms with Crippen LogP contribution in [-0.4, -0.2) is 93.0 Å². The van der Waals surface area contributed by atoms with Crippen LogP contribution in [0.5, 0.6) is 0 Å². The van der Waals surface area contributed by atoms with Crippen molar-refractivity contribution in [1.29, 1.82) is 0 Å². The van der Waals surface area contributed by atoms with Crippen LogP contribution in [0.15, 0.2) is 28.7 Å². The summed E-state index contributed by atoms with van der Waals surface area (Å²) >= 11 is 12.6. The van der Waals surface area contributed by atoms with Crippen LogP contribution >= 0.6 is 23.2 Å². The molecule has 4 heterocycles. The standard InChI is InChI=1S/C27H34Cl2N8O4/c1-3-18-14-36(25-23(29)31-21(24(30)32-25)26-34-33-20(15-38)41-26)12-13-37(18)19-8-10-35(11-9-19)22(27(39)40-2)16-4-6-17(28)7-5-16/h4-7,18-19,22,38H,3,8-15H2,1-2H3,(H2,30,32)/t18-,22-/m0/s1. The molecule has 2 saturated heterocycles. The molecule has 220 valence electrons. The molecule has 2 atom stereocenters. The number of likely N-dealkylation sites (tertiary alicyclic amines) is 1. The van der Waals surface area contributed by atoms with Crippen molar-refractivity contribution in [3.8, 4) is 11.6 Å². The molecule has 2 aromatic heterocycles. The van der Waals surface area contributed by atoms with Crippen molar-refractivity contribution < 1.29 is 19.1 Å². The van der Waals surface area contributed by atoms with Gasteiger partial charge in [0.05, 0.1) is 7.11 Å². The molecule has 2 aliphatic rings. The van der Waals surface area contributed by atoms with Gasteiger partial charge in [-0.25, -0.2) is 14.8 Å². The average Bonchev–Trinajstić information content (AvgIpc) is 3.48. The number of piperazine rings is 1. The number of carbonyl (C=O) groups is 1. The average molecular weight is 606 g/mol. The lowest BCUT2D eigenvalue weighted by atomic mass is 9.95. The van der Waals surface area contributed by atoms with Gasteiger partial charge in [0.2, 0.25) is 5.89 Å². The number of aromatic nitrogens is 4. The number of rotatable bonds is 8. The van der Waals surface area contributed by atoms with Crippen LogP contribution in [0.2, 0.25) is 10.2 Å². The smallest absolute Gasteiger partial charge is 0.327 e. The lowest BCUT2D eigenvalue weighted by Crippen LogP contribution is -2.59. The predicted octanol–water partition coefficient (Wildman–Crippen LogP) is 3.19. The van der Waals surface area contributed by atoms with Gasteiger partial charge in [-0.2, -0.15) is 0 Å². The van der Waals surface area contributed by atoms with E-state index in [1.54, 1.807) is 12.1 Å². The zero-order valence-corrected chi connectivity index (χ0v) is 24.6. The zero-order valence-electron chi connectivity index (χ0n) is 23.0. The number of aliphatic hydroxyl groups excluding tert-OH is 1. The van der Waals surface area contributed by atoms with Crippen LogP contribution in [0.1, 0.15) is 43.7 Å². The molecule has 2 aliphatic heterocycles. The summed E-state index contributed by atoms with van der Waals surface area (Å²) in [5.74, 6) is 0.496. The zero-order chi connectivity index (χ0) is 29.1. The molecule has 3 N–H and O–H groups in total. The maximum atomic E-state index is 12.8. The molecule has 0 spiro atoms. The number of anilines is 2. The molecule has 0 amide bonds. The summed E-state index contributed by atoms with van der Waals surface area (Å²) in [7, 11) is 1.43. The lowest BCUT2D eigenvalue weighted by Gasteiger charge is -2.48. The van der Waals surface area contributed by atoms with E-state index in [1.165, 1.54) is 7.11 Å². The van der Waals surface area contributed by atoms with Crippen LogP contribution in [0.25, 0.3) is 11.6 Å². The van der Waals surface area contributed by atoms with Gasteiger partial charge in [0.25, 0.3) is 5.89 Å². The van der Waals surface area contributed by atoms with Crippen LogP contribution < -0.4 is 10.6 Å². The number of nitrogen functional groups attached to an aromatic ring is 1. The van der Waals surface area contributed by atoms with E-state index in [4.69, 9.17) is 38.1 Å². The topological polar surface area (TPSA) is 147 Å². The predicted molar refractivity (Wildman–Crippen MR) is 154 cm³/mol. The Bertz CT molecular complexity index is 1350. The number of methoxy groups -OCH3 is 1. The minimum Gasteiger partial charge on any atom is -0.468 e. The SMILES string of the molecule is CC[C@H]1CN(c2nc(N)c(-c3nnc(CO)o3)nc2Cl)CCN1C1CCN([C@H](C(=O)OC)c2ccc(Cl)cc2)CC1. The molecule has 14 heteroatoms. The first-order valence-corrected chi connectivity index (χ1v) is 14.4. The quantitative estimate of drug-likeness (QED) is 0.364. The maximum absolute atomic E-state index is 12.8. The molecule has 0 aliphatic carbocycles. The second-order valence-corrected chi connectivity index (χ2v) is 11.0. The summed E-state index contributed by atoms with van der Waals surface area (Å²) in [4.78, 5) is 28.6. The fourth-order valence-corrected chi connectivity index (χ4v) is 6.20. The number of hydrogen-bond acceptors (Lipinski definition) is 12. The van der Waals surface area contributed by atoms with Crippen molar-refractivity contribution >= 4 is 40.8 Å². The highest BCUT2D eigenvalue weighted by Gasteiger charge is 2.37. The van der Waals surface area contributed by atoms with E-state index in [-0.39, 0.29) is 47.1 Å². The number of carbonyl (C=O) groups excluding carboxylic acids is 1. The normalized spacial score (nSPS) is 19.8. The Labute approximate surface area is 248 Å². The Morgan fingerprint density at radius 2 is 1.88 bits per heavy atom. The number of piperidine rings is 1. The third kappa shape index (κ3) is 6.26. The minimum atomic E-state index is -0.450. The largest absolute Gasteiger partial charge is 0.468 e. The Balaban J connectivity index is 1.25. The molecule has 41 heavy (non-hydrogen) atoms. The van der Waals surface area contributed by atoms with Gasteiger partial charge in [-0.3, -0.25) is 9.80 Å². The van der Waals surface area contributed by atoms with Crippen molar-refractivity contribution in [2.75, 3.05) is 50.5 Å². The fraction of sp³-hybridized carbons (Fsp3) is 0.519. The summed E-state index contributed by atoms with van der Waals surface area (Å²) in [5.41, 5.74) is 7.28. The summed E-state index contributed by atoms with van der Waals surface area (Å²) in [6.45, 7) is 5.65. The van der Waals surface area contributed by atoms with Crippen LogP contribution in [0.3, 0.4) is 0 Å². The first kappa shape index (κ1) is 29.5. The Morgan fingerprint density at radius 1 is 1.15 bits per heavy atom. The Morgan fingerprint density at radius 3 is 2.51 bits per heavy atom. The van der Waals surface area contributed by atoms with E-state index in [0.717, 1.165) is 51.0 Å². The summed E-state index contributed by atoms with van der Waals surface area (Å²) in [6, 6.07) is 7.63. The van der Waals surface area contributed by atoms with Crippen molar-refractivity contribution in [2.45, 2.75) is 50.9 Å². The van der Waals surface area contributed by atoms with Gasteiger partial charge in [0, 0.05) is 49.8 Å². The van der Waals surface area contributed by atoms with E-state index >= 15 is 0 Å². The molecule has 5 rings (SSSR count). The van der Waals surface area contributed by atoms with Gasteiger partial charge in [-0.15, -0.1) is 10.2 Å². The molecule has 0 bridgehead atoms. The number of ether oxygens (including phenoxy) is 1. The molecule has 2 fully saturated rings. The lowest BCUT2D eigenvalue weighted by molar-refractivity contribution is -0.148. The van der Waals surface area contributed by atoms with Crippen molar-refractivity contribution in [2.24, 2.45) is 0 Å². The minimum absolute atomic E-state index is 0.0555. The van der Waals surface area contributed by atoms with Gasteiger partial charge in [-0.05, 0) is 37.0 Å². The van der Waals surface area contributed by atoms with E-state index in [2.05, 4.69) is 41.8 Å². The molecular formula is C27H34Cl2N8O4.